The molecule has 2 heterocycles. The molecule has 10 nitrogen and oxygen atoms in total. The van der Waals surface area contributed by atoms with E-state index in [9.17, 15) is 13.2 Å². The summed E-state index contributed by atoms with van der Waals surface area (Å²) in [6.07, 6.45) is 5.94. The van der Waals surface area contributed by atoms with E-state index in [0.29, 0.717) is 22.9 Å². The standard InChI is InChI=1S/C19H21N7O3S/c1-26(2)30(28,29)16-6-4-3-5-13(16)10-23-15-9-17(24-11-14(15)19(20)27)25-18-12-21-7-8-22-18/h3-9,11-12H,10H2,1-2H3,(H2,20,27)(H2,22,23,24,25). The van der Waals surface area contributed by atoms with E-state index in [2.05, 4.69) is 25.6 Å². The fourth-order valence-corrected chi connectivity index (χ4v) is 3.77. The minimum Gasteiger partial charge on any atom is -0.380 e. The number of anilines is 3. The van der Waals surface area contributed by atoms with Crippen LogP contribution in [0, 0.1) is 0 Å². The van der Waals surface area contributed by atoms with Crippen LogP contribution >= 0.6 is 0 Å². The number of nitrogens with two attached hydrogens (primary N) is 1. The summed E-state index contributed by atoms with van der Waals surface area (Å²) in [7, 11) is -0.685. The topological polar surface area (TPSA) is 143 Å². The van der Waals surface area contributed by atoms with Crippen LogP contribution in [0.15, 0.2) is 60.0 Å². The number of rotatable bonds is 8. The Hall–Kier alpha value is -3.57. The quantitative estimate of drug-likeness (QED) is 0.492. The lowest BCUT2D eigenvalue weighted by molar-refractivity contribution is 0.100. The van der Waals surface area contributed by atoms with Crippen molar-refractivity contribution >= 4 is 33.3 Å². The van der Waals surface area contributed by atoms with Gasteiger partial charge in [-0.15, -0.1) is 0 Å². The van der Waals surface area contributed by atoms with Crippen molar-refractivity contribution in [1.82, 2.24) is 19.3 Å². The molecule has 0 saturated carbocycles. The Morgan fingerprint density at radius 3 is 2.53 bits per heavy atom. The number of sulfonamides is 1. The van der Waals surface area contributed by atoms with Gasteiger partial charge in [-0.1, -0.05) is 18.2 Å². The molecule has 0 fully saturated rings. The smallest absolute Gasteiger partial charge is 0.252 e. The predicted molar refractivity (Wildman–Crippen MR) is 113 cm³/mol. The molecule has 0 aliphatic rings. The summed E-state index contributed by atoms with van der Waals surface area (Å²) in [5, 5.41) is 6.07. The zero-order valence-electron chi connectivity index (χ0n) is 16.4. The third kappa shape index (κ3) is 4.70. The number of carbonyl (C=O) groups is 1. The number of aromatic nitrogens is 3. The lowest BCUT2D eigenvalue weighted by Crippen LogP contribution is -2.24. The van der Waals surface area contributed by atoms with Crippen LogP contribution in [0.1, 0.15) is 15.9 Å². The van der Waals surface area contributed by atoms with E-state index in [0.717, 1.165) is 4.31 Å². The van der Waals surface area contributed by atoms with Crippen molar-refractivity contribution in [2.45, 2.75) is 11.4 Å². The largest absolute Gasteiger partial charge is 0.380 e. The third-order valence-corrected chi connectivity index (χ3v) is 6.10. The first kappa shape index (κ1) is 21.1. The van der Waals surface area contributed by atoms with Gasteiger partial charge in [0.25, 0.3) is 5.91 Å². The molecule has 1 aromatic carbocycles. The highest BCUT2D eigenvalue weighted by atomic mass is 32.2. The van der Waals surface area contributed by atoms with Gasteiger partial charge in [0, 0.05) is 45.3 Å². The number of hydrogen-bond acceptors (Lipinski definition) is 8. The predicted octanol–water partition coefficient (Wildman–Crippen LogP) is 1.58. The molecule has 2 aromatic heterocycles. The molecule has 156 valence electrons. The molecule has 11 heteroatoms. The number of pyridine rings is 1. The Morgan fingerprint density at radius 2 is 1.87 bits per heavy atom. The number of primary amides is 1. The number of benzene rings is 1. The van der Waals surface area contributed by atoms with Gasteiger partial charge in [-0.2, -0.15) is 0 Å². The average molecular weight is 427 g/mol. The van der Waals surface area contributed by atoms with Gasteiger partial charge in [-0.3, -0.25) is 9.78 Å². The Morgan fingerprint density at radius 1 is 1.10 bits per heavy atom. The number of nitrogens with zero attached hydrogens (tertiary/aromatic N) is 4. The monoisotopic (exact) mass is 427 g/mol. The maximum atomic E-state index is 12.6. The summed E-state index contributed by atoms with van der Waals surface area (Å²) in [5.74, 6) is 0.229. The van der Waals surface area contributed by atoms with Crippen LogP contribution in [0.25, 0.3) is 0 Å². The van der Waals surface area contributed by atoms with E-state index in [-0.39, 0.29) is 17.0 Å². The van der Waals surface area contributed by atoms with Crippen molar-refractivity contribution in [1.29, 1.82) is 0 Å². The van der Waals surface area contributed by atoms with Gasteiger partial charge in [-0.05, 0) is 11.6 Å². The van der Waals surface area contributed by atoms with Crippen molar-refractivity contribution in [3.8, 4) is 0 Å². The minimum atomic E-state index is -3.63. The third-order valence-electron chi connectivity index (χ3n) is 4.19. The van der Waals surface area contributed by atoms with Crippen molar-refractivity contribution in [2.24, 2.45) is 5.73 Å². The molecule has 1 amide bonds. The Bertz CT molecular complexity index is 1150. The van der Waals surface area contributed by atoms with Crippen LogP contribution in [0.5, 0.6) is 0 Å². The van der Waals surface area contributed by atoms with Gasteiger partial charge in [0.15, 0.2) is 0 Å². The molecule has 0 atom stereocenters. The highest BCUT2D eigenvalue weighted by molar-refractivity contribution is 7.89. The number of nitrogens with one attached hydrogen (secondary N) is 2. The minimum absolute atomic E-state index is 0.151. The Balaban J connectivity index is 1.90. The fourth-order valence-electron chi connectivity index (χ4n) is 2.65. The summed E-state index contributed by atoms with van der Waals surface area (Å²) >= 11 is 0. The van der Waals surface area contributed by atoms with Crippen LogP contribution in [0.3, 0.4) is 0 Å². The van der Waals surface area contributed by atoms with Crippen LogP contribution in [-0.2, 0) is 16.6 Å². The number of hydrogen-bond donors (Lipinski definition) is 3. The maximum Gasteiger partial charge on any atom is 0.252 e. The van der Waals surface area contributed by atoms with Crippen molar-refractivity contribution in [2.75, 3.05) is 24.7 Å². The van der Waals surface area contributed by atoms with E-state index in [4.69, 9.17) is 5.73 Å². The molecule has 3 rings (SSSR count). The summed E-state index contributed by atoms with van der Waals surface area (Å²) < 4.78 is 26.3. The molecule has 3 aromatic rings. The van der Waals surface area contributed by atoms with Gasteiger partial charge in [0.2, 0.25) is 10.0 Å². The van der Waals surface area contributed by atoms with Gasteiger partial charge >= 0.3 is 0 Å². The van der Waals surface area contributed by atoms with E-state index in [1.165, 1.54) is 38.8 Å². The number of amides is 1. The lowest BCUT2D eigenvalue weighted by Gasteiger charge is -2.17. The normalized spacial score (nSPS) is 11.3. The SMILES string of the molecule is CN(C)S(=O)(=O)c1ccccc1CNc1cc(Nc2cnccn2)ncc1C(N)=O. The van der Waals surface area contributed by atoms with Crippen LogP contribution < -0.4 is 16.4 Å². The fraction of sp³-hybridized carbons (Fsp3) is 0.158. The molecule has 0 bridgehead atoms. The molecule has 4 N–H and O–H groups in total. The summed E-state index contributed by atoms with van der Waals surface area (Å²) in [4.78, 5) is 24.2. The van der Waals surface area contributed by atoms with Crippen molar-refractivity contribution in [3.05, 3.63) is 66.2 Å². The molecule has 0 unspecified atom stereocenters. The van der Waals surface area contributed by atoms with Crippen LogP contribution in [0.4, 0.5) is 17.3 Å². The maximum absolute atomic E-state index is 12.6. The molecule has 0 aliphatic heterocycles. The molecular weight excluding hydrogens is 406 g/mol. The Kier molecular flexibility index (Phi) is 6.23. The van der Waals surface area contributed by atoms with E-state index in [1.54, 1.807) is 30.5 Å². The highest BCUT2D eigenvalue weighted by Crippen LogP contribution is 2.23. The molecule has 0 spiro atoms. The van der Waals surface area contributed by atoms with Gasteiger partial charge in [-0.25, -0.2) is 22.7 Å². The second kappa shape index (κ2) is 8.84. The van der Waals surface area contributed by atoms with E-state index >= 15 is 0 Å². The van der Waals surface area contributed by atoms with Crippen LogP contribution in [-0.4, -0.2) is 47.7 Å². The lowest BCUT2D eigenvalue weighted by atomic mass is 10.2. The first-order valence-corrected chi connectivity index (χ1v) is 10.3. The molecular formula is C19H21N7O3S. The average Bonchev–Trinajstić information content (AvgIpc) is 2.73. The van der Waals surface area contributed by atoms with E-state index in [1.807, 2.05) is 0 Å². The summed E-state index contributed by atoms with van der Waals surface area (Å²) in [6.45, 7) is 0.151. The van der Waals surface area contributed by atoms with Gasteiger partial charge in [0.1, 0.15) is 11.6 Å². The first-order chi connectivity index (χ1) is 14.3. The first-order valence-electron chi connectivity index (χ1n) is 8.86. The van der Waals surface area contributed by atoms with E-state index < -0.39 is 15.9 Å². The Labute approximate surface area is 174 Å². The number of carbonyl (C=O) groups excluding carboxylic acids is 1. The van der Waals surface area contributed by atoms with Crippen molar-refractivity contribution < 1.29 is 13.2 Å². The molecule has 30 heavy (non-hydrogen) atoms. The molecule has 0 aliphatic carbocycles. The highest BCUT2D eigenvalue weighted by Gasteiger charge is 2.21. The van der Waals surface area contributed by atoms with Crippen molar-refractivity contribution in [3.63, 3.8) is 0 Å². The molecule has 0 radical (unpaired) electrons. The second-order valence-corrected chi connectivity index (χ2v) is 8.56. The zero-order chi connectivity index (χ0) is 21.7. The van der Waals surface area contributed by atoms with Gasteiger partial charge < -0.3 is 16.4 Å². The summed E-state index contributed by atoms with van der Waals surface area (Å²) in [6, 6.07) is 8.23. The molecule has 0 saturated heterocycles. The van der Waals surface area contributed by atoms with Crippen LogP contribution in [0.2, 0.25) is 0 Å². The summed E-state index contributed by atoms with van der Waals surface area (Å²) in [5.41, 5.74) is 6.58. The van der Waals surface area contributed by atoms with Gasteiger partial charge in [0.05, 0.1) is 22.3 Å². The second-order valence-electron chi connectivity index (χ2n) is 6.44. The zero-order valence-corrected chi connectivity index (χ0v) is 17.2.